The largest absolute Gasteiger partial charge is 0.384 e. The summed E-state index contributed by atoms with van der Waals surface area (Å²) in [6.07, 6.45) is 0. The predicted molar refractivity (Wildman–Crippen MR) is 80.7 cm³/mol. The van der Waals surface area contributed by atoms with E-state index in [-0.39, 0.29) is 17.8 Å². The zero-order chi connectivity index (χ0) is 17.0. The molecule has 0 amide bonds. The van der Waals surface area contributed by atoms with Gasteiger partial charge >= 0.3 is 0 Å². The van der Waals surface area contributed by atoms with Crippen LogP contribution in [0.25, 0.3) is 0 Å². The SMILES string of the molecule is CC(O)(CNCc1ccc([N+](=O)[O-])cc1)c1ccc(F)cc1F. The average molecular weight is 322 g/mol. The molecule has 0 heterocycles. The van der Waals surface area contributed by atoms with Gasteiger partial charge in [0.2, 0.25) is 0 Å². The number of nitro groups is 1. The van der Waals surface area contributed by atoms with Gasteiger partial charge in [0.15, 0.2) is 0 Å². The van der Waals surface area contributed by atoms with Crippen molar-refractivity contribution >= 4 is 5.69 Å². The van der Waals surface area contributed by atoms with Crippen LogP contribution in [0.15, 0.2) is 42.5 Å². The number of nitrogens with one attached hydrogen (secondary N) is 1. The summed E-state index contributed by atoms with van der Waals surface area (Å²) >= 11 is 0. The van der Waals surface area contributed by atoms with E-state index < -0.39 is 22.2 Å². The van der Waals surface area contributed by atoms with Crippen LogP contribution in [0.5, 0.6) is 0 Å². The van der Waals surface area contributed by atoms with Crippen LogP contribution in [0.3, 0.4) is 0 Å². The number of nitro benzene ring substituents is 1. The van der Waals surface area contributed by atoms with E-state index in [1.807, 2.05) is 0 Å². The number of benzene rings is 2. The molecule has 0 bridgehead atoms. The van der Waals surface area contributed by atoms with Gasteiger partial charge < -0.3 is 10.4 Å². The number of hydrogen-bond donors (Lipinski definition) is 2. The maximum atomic E-state index is 13.7. The van der Waals surface area contributed by atoms with Crippen molar-refractivity contribution in [1.29, 1.82) is 0 Å². The van der Waals surface area contributed by atoms with Crippen LogP contribution < -0.4 is 5.32 Å². The third-order valence-corrected chi connectivity index (χ3v) is 3.46. The number of nitrogens with zero attached hydrogens (tertiary/aromatic N) is 1. The first-order valence-electron chi connectivity index (χ1n) is 6.91. The lowest BCUT2D eigenvalue weighted by atomic mass is 9.95. The lowest BCUT2D eigenvalue weighted by Crippen LogP contribution is -2.36. The van der Waals surface area contributed by atoms with Gasteiger partial charge in [0, 0.05) is 36.9 Å². The molecule has 0 aliphatic carbocycles. The lowest BCUT2D eigenvalue weighted by Gasteiger charge is -2.25. The topological polar surface area (TPSA) is 75.4 Å². The standard InChI is InChI=1S/C16H16F2N2O3/c1-16(21,14-7-4-12(17)8-15(14)18)10-19-9-11-2-5-13(6-3-11)20(22)23/h2-8,19,21H,9-10H2,1H3. The summed E-state index contributed by atoms with van der Waals surface area (Å²) in [6, 6.07) is 8.97. The molecule has 2 aromatic rings. The van der Waals surface area contributed by atoms with Gasteiger partial charge in [0.1, 0.15) is 17.2 Å². The van der Waals surface area contributed by atoms with E-state index in [2.05, 4.69) is 5.32 Å². The molecule has 122 valence electrons. The molecule has 2 aromatic carbocycles. The zero-order valence-electron chi connectivity index (χ0n) is 12.4. The van der Waals surface area contributed by atoms with Gasteiger partial charge in [-0.1, -0.05) is 18.2 Å². The van der Waals surface area contributed by atoms with Gasteiger partial charge in [0.05, 0.1) is 4.92 Å². The van der Waals surface area contributed by atoms with Crippen LogP contribution in [0, 0.1) is 21.7 Å². The highest BCUT2D eigenvalue weighted by Gasteiger charge is 2.26. The van der Waals surface area contributed by atoms with Crippen LogP contribution in [0.4, 0.5) is 14.5 Å². The Labute approximate surface area is 131 Å². The molecule has 0 saturated heterocycles. The second kappa shape index (κ2) is 6.80. The van der Waals surface area contributed by atoms with Crippen molar-refractivity contribution in [3.8, 4) is 0 Å². The van der Waals surface area contributed by atoms with E-state index in [0.29, 0.717) is 6.54 Å². The van der Waals surface area contributed by atoms with Gasteiger partial charge in [-0.05, 0) is 18.6 Å². The fraction of sp³-hybridized carbons (Fsp3) is 0.250. The Morgan fingerprint density at radius 1 is 1.22 bits per heavy atom. The number of rotatable bonds is 6. The first-order chi connectivity index (χ1) is 10.8. The number of hydrogen-bond acceptors (Lipinski definition) is 4. The second-order valence-corrected chi connectivity index (χ2v) is 5.43. The van der Waals surface area contributed by atoms with Crippen molar-refractivity contribution in [3.05, 3.63) is 75.3 Å². The number of aliphatic hydroxyl groups is 1. The molecule has 2 rings (SSSR count). The molecular formula is C16H16F2N2O3. The number of non-ortho nitro benzene ring substituents is 1. The summed E-state index contributed by atoms with van der Waals surface area (Å²) in [5.41, 5.74) is -0.742. The van der Waals surface area contributed by atoms with E-state index >= 15 is 0 Å². The minimum absolute atomic E-state index is 0.00454. The first-order valence-corrected chi connectivity index (χ1v) is 6.91. The van der Waals surface area contributed by atoms with Crippen LogP contribution in [0.2, 0.25) is 0 Å². The molecule has 0 fully saturated rings. The summed E-state index contributed by atoms with van der Waals surface area (Å²) in [6.45, 7) is 1.80. The molecule has 7 heteroatoms. The van der Waals surface area contributed by atoms with Crippen molar-refractivity contribution in [1.82, 2.24) is 5.32 Å². The van der Waals surface area contributed by atoms with Crippen LogP contribution >= 0.6 is 0 Å². The molecule has 2 N–H and O–H groups in total. The van der Waals surface area contributed by atoms with Crippen molar-refractivity contribution in [3.63, 3.8) is 0 Å². The second-order valence-electron chi connectivity index (χ2n) is 5.43. The molecule has 0 aromatic heterocycles. The third kappa shape index (κ3) is 4.30. The molecule has 0 radical (unpaired) electrons. The van der Waals surface area contributed by atoms with Crippen LogP contribution in [-0.4, -0.2) is 16.6 Å². The zero-order valence-corrected chi connectivity index (χ0v) is 12.4. The smallest absolute Gasteiger partial charge is 0.269 e. The summed E-state index contributed by atoms with van der Waals surface area (Å²) in [5, 5.41) is 23.9. The van der Waals surface area contributed by atoms with Gasteiger partial charge in [-0.3, -0.25) is 10.1 Å². The van der Waals surface area contributed by atoms with E-state index in [9.17, 15) is 24.0 Å². The Bertz CT molecular complexity index is 703. The summed E-state index contributed by atoms with van der Waals surface area (Å²) in [4.78, 5) is 10.1. The minimum atomic E-state index is -1.52. The van der Waals surface area contributed by atoms with Crippen molar-refractivity contribution in [2.45, 2.75) is 19.1 Å². The maximum absolute atomic E-state index is 13.7. The fourth-order valence-electron chi connectivity index (χ4n) is 2.21. The Hall–Kier alpha value is -2.38. The molecule has 1 unspecified atom stereocenters. The van der Waals surface area contributed by atoms with E-state index in [0.717, 1.165) is 17.7 Å². The van der Waals surface area contributed by atoms with E-state index in [4.69, 9.17) is 0 Å². The third-order valence-electron chi connectivity index (χ3n) is 3.46. The van der Waals surface area contributed by atoms with Gasteiger partial charge in [-0.2, -0.15) is 0 Å². The Kier molecular flexibility index (Phi) is 5.02. The van der Waals surface area contributed by atoms with Crippen LogP contribution in [0.1, 0.15) is 18.1 Å². The highest BCUT2D eigenvalue weighted by molar-refractivity contribution is 5.32. The van der Waals surface area contributed by atoms with E-state index in [1.165, 1.54) is 25.1 Å². The molecule has 0 aliphatic heterocycles. The summed E-state index contributed by atoms with van der Waals surface area (Å²) < 4.78 is 26.6. The molecule has 0 aliphatic rings. The van der Waals surface area contributed by atoms with Gasteiger partial charge in [0.25, 0.3) is 5.69 Å². The number of halogens is 2. The van der Waals surface area contributed by atoms with E-state index in [1.54, 1.807) is 12.1 Å². The molecule has 0 saturated carbocycles. The predicted octanol–water partition coefficient (Wildman–Crippen LogP) is 2.87. The lowest BCUT2D eigenvalue weighted by molar-refractivity contribution is -0.384. The molecule has 1 atom stereocenters. The quantitative estimate of drug-likeness (QED) is 0.633. The van der Waals surface area contributed by atoms with Crippen LogP contribution in [-0.2, 0) is 12.1 Å². The molecule has 5 nitrogen and oxygen atoms in total. The van der Waals surface area contributed by atoms with Gasteiger partial charge in [-0.15, -0.1) is 0 Å². The highest BCUT2D eigenvalue weighted by atomic mass is 19.1. The van der Waals surface area contributed by atoms with Crippen molar-refractivity contribution < 1.29 is 18.8 Å². The Morgan fingerprint density at radius 2 is 1.87 bits per heavy atom. The van der Waals surface area contributed by atoms with Crippen molar-refractivity contribution in [2.75, 3.05) is 6.54 Å². The van der Waals surface area contributed by atoms with Crippen molar-refractivity contribution in [2.24, 2.45) is 0 Å². The maximum Gasteiger partial charge on any atom is 0.269 e. The first kappa shape index (κ1) is 17.0. The fourth-order valence-corrected chi connectivity index (χ4v) is 2.21. The van der Waals surface area contributed by atoms with Gasteiger partial charge in [-0.25, -0.2) is 8.78 Å². The minimum Gasteiger partial charge on any atom is -0.384 e. The molecular weight excluding hydrogens is 306 g/mol. The monoisotopic (exact) mass is 322 g/mol. The molecule has 0 spiro atoms. The Balaban J connectivity index is 1.97. The molecule has 23 heavy (non-hydrogen) atoms. The normalized spacial score (nSPS) is 13.6. The summed E-state index contributed by atoms with van der Waals surface area (Å²) in [5.74, 6) is -1.52. The highest BCUT2D eigenvalue weighted by Crippen LogP contribution is 2.23. The average Bonchev–Trinajstić information content (AvgIpc) is 2.47. The Morgan fingerprint density at radius 3 is 2.43 bits per heavy atom. The summed E-state index contributed by atoms with van der Waals surface area (Å²) in [7, 11) is 0.